The summed E-state index contributed by atoms with van der Waals surface area (Å²) in [5.41, 5.74) is 0. The van der Waals surface area contributed by atoms with Crippen molar-refractivity contribution in [2.45, 2.75) is 116 Å². The lowest BCUT2D eigenvalue weighted by atomic mass is 10.1. The zero-order valence-electron chi connectivity index (χ0n) is 19.1. The van der Waals surface area contributed by atoms with Crippen molar-refractivity contribution in [3.05, 3.63) is 24.3 Å². The first-order chi connectivity index (χ1) is 14.6. The molecule has 0 aliphatic heterocycles. The van der Waals surface area contributed by atoms with Crippen LogP contribution >= 0.6 is 0 Å². The van der Waals surface area contributed by atoms with E-state index in [1.54, 1.807) is 0 Å². The smallest absolute Gasteiger partial charge is 0.328 e. The second-order valence-corrected chi connectivity index (χ2v) is 8.04. The molecule has 30 heavy (non-hydrogen) atoms. The van der Waals surface area contributed by atoms with Crippen molar-refractivity contribution >= 4 is 11.9 Å². The molecule has 0 saturated carbocycles. The van der Waals surface area contributed by atoms with Gasteiger partial charge in [0.05, 0.1) is 6.61 Å². The number of unbranched alkanes of at least 4 members (excludes halogenated alkanes) is 12. The van der Waals surface area contributed by atoms with Crippen molar-refractivity contribution in [2.75, 3.05) is 6.61 Å². The molecule has 0 heterocycles. The van der Waals surface area contributed by atoms with Gasteiger partial charge >= 0.3 is 5.97 Å². The van der Waals surface area contributed by atoms with Gasteiger partial charge in [-0.3, -0.25) is 4.79 Å². The van der Waals surface area contributed by atoms with E-state index in [0.717, 1.165) is 25.7 Å². The summed E-state index contributed by atoms with van der Waals surface area (Å²) in [6.45, 7) is 1.66. The van der Waals surface area contributed by atoms with Crippen LogP contribution in [0.5, 0.6) is 0 Å². The summed E-state index contributed by atoms with van der Waals surface area (Å²) in [7, 11) is 0. The number of aliphatic hydroxyl groups is 1. The normalized spacial score (nSPS) is 12.6. The standard InChI is InChI=1S/C25H45NO4/c1-2-3-4-5-6-7-8-9-10-11-12-13-14-15-16-17-18-19-20-21-24(28)26-23(22-27)25(29)30/h6-7,9-10,23,27H,2-5,8,11-22H2,1H3,(H,26,28)(H,29,30)/b7-6-,10-9-/t23-/m0/s1. The summed E-state index contributed by atoms with van der Waals surface area (Å²) in [4.78, 5) is 22.3. The minimum Gasteiger partial charge on any atom is -0.480 e. The fraction of sp³-hybridized carbons (Fsp3) is 0.760. The van der Waals surface area contributed by atoms with Crippen LogP contribution in [0.25, 0.3) is 0 Å². The van der Waals surface area contributed by atoms with Gasteiger partial charge in [-0.05, 0) is 38.5 Å². The van der Waals surface area contributed by atoms with Crippen LogP contribution in [0.1, 0.15) is 110 Å². The highest BCUT2D eigenvalue weighted by Gasteiger charge is 2.17. The summed E-state index contributed by atoms with van der Waals surface area (Å²) in [6, 6.07) is -1.19. The molecule has 0 aromatic carbocycles. The van der Waals surface area contributed by atoms with E-state index < -0.39 is 18.6 Å². The summed E-state index contributed by atoms with van der Waals surface area (Å²) in [5.74, 6) is -1.50. The van der Waals surface area contributed by atoms with E-state index in [9.17, 15) is 9.59 Å². The predicted octanol–water partition coefficient (Wildman–Crippen LogP) is 5.92. The third-order valence-corrected chi connectivity index (χ3v) is 5.17. The molecule has 174 valence electrons. The second kappa shape index (κ2) is 22.1. The largest absolute Gasteiger partial charge is 0.480 e. The molecular weight excluding hydrogens is 378 g/mol. The van der Waals surface area contributed by atoms with E-state index >= 15 is 0 Å². The van der Waals surface area contributed by atoms with E-state index in [0.29, 0.717) is 6.42 Å². The Morgan fingerprint density at radius 1 is 0.767 bits per heavy atom. The monoisotopic (exact) mass is 423 g/mol. The molecule has 5 heteroatoms. The fourth-order valence-corrected chi connectivity index (χ4v) is 3.26. The lowest BCUT2D eigenvalue weighted by Gasteiger charge is -2.11. The zero-order valence-corrected chi connectivity index (χ0v) is 19.1. The zero-order chi connectivity index (χ0) is 22.3. The van der Waals surface area contributed by atoms with Crippen molar-refractivity contribution in [1.29, 1.82) is 0 Å². The van der Waals surface area contributed by atoms with E-state index in [1.807, 2.05) is 0 Å². The molecule has 0 aliphatic carbocycles. The minimum absolute atomic E-state index is 0.298. The lowest BCUT2D eigenvalue weighted by molar-refractivity contribution is -0.142. The number of amides is 1. The van der Waals surface area contributed by atoms with Crippen LogP contribution in [0.2, 0.25) is 0 Å². The number of carboxylic acid groups (broad SMARTS) is 1. The number of allylic oxidation sites excluding steroid dienone is 4. The SMILES string of the molecule is CCCCC/C=C\C/C=C\CCCCCCCCCCCC(=O)N[C@@H](CO)C(=O)O. The number of carbonyl (C=O) groups is 2. The molecule has 3 N–H and O–H groups in total. The van der Waals surface area contributed by atoms with Gasteiger partial charge in [-0.25, -0.2) is 4.79 Å². The average molecular weight is 424 g/mol. The van der Waals surface area contributed by atoms with Gasteiger partial charge in [-0.1, -0.05) is 89.0 Å². The first-order valence-corrected chi connectivity index (χ1v) is 12.0. The number of aliphatic carboxylic acids is 1. The summed E-state index contributed by atoms with van der Waals surface area (Å²) < 4.78 is 0. The molecule has 0 fully saturated rings. The van der Waals surface area contributed by atoms with Gasteiger partial charge in [0.25, 0.3) is 0 Å². The van der Waals surface area contributed by atoms with Gasteiger partial charge in [0.2, 0.25) is 5.91 Å². The third kappa shape index (κ3) is 19.7. The number of hydrogen-bond donors (Lipinski definition) is 3. The van der Waals surface area contributed by atoms with E-state index in [4.69, 9.17) is 10.2 Å². The Morgan fingerprint density at radius 2 is 1.27 bits per heavy atom. The molecule has 1 atom stereocenters. The molecule has 0 spiro atoms. The quantitative estimate of drug-likeness (QED) is 0.158. The molecule has 0 aromatic heterocycles. The van der Waals surface area contributed by atoms with E-state index in [-0.39, 0.29) is 5.91 Å². The molecule has 0 aromatic rings. The number of aliphatic hydroxyl groups excluding tert-OH is 1. The van der Waals surface area contributed by atoms with Crippen LogP contribution in [0.15, 0.2) is 24.3 Å². The molecule has 0 saturated heterocycles. The Balaban J connectivity index is 3.34. The van der Waals surface area contributed by atoms with Crippen molar-refractivity contribution < 1.29 is 19.8 Å². The summed E-state index contributed by atoms with van der Waals surface area (Å²) in [5, 5.41) is 20.0. The molecular formula is C25H45NO4. The number of carboxylic acids is 1. The van der Waals surface area contributed by atoms with Gasteiger partial charge in [0.15, 0.2) is 0 Å². The van der Waals surface area contributed by atoms with Crippen LogP contribution in [-0.4, -0.2) is 34.7 Å². The van der Waals surface area contributed by atoms with Crippen molar-refractivity contribution in [1.82, 2.24) is 5.32 Å². The van der Waals surface area contributed by atoms with Gasteiger partial charge in [0.1, 0.15) is 6.04 Å². The van der Waals surface area contributed by atoms with Gasteiger partial charge in [0, 0.05) is 6.42 Å². The minimum atomic E-state index is -1.20. The maximum absolute atomic E-state index is 11.6. The Bertz CT molecular complexity index is 474. The van der Waals surface area contributed by atoms with Crippen LogP contribution < -0.4 is 5.32 Å². The van der Waals surface area contributed by atoms with Gasteiger partial charge in [-0.2, -0.15) is 0 Å². The molecule has 0 aliphatic rings. The molecule has 1 amide bonds. The summed E-state index contributed by atoms with van der Waals surface area (Å²) in [6.07, 6.45) is 27.4. The number of hydrogen-bond acceptors (Lipinski definition) is 3. The highest BCUT2D eigenvalue weighted by Crippen LogP contribution is 2.11. The van der Waals surface area contributed by atoms with Crippen LogP contribution in [0.4, 0.5) is 0 Å². The topological polar surface area (TPSA) is 86.6 Å². The van der Waals surface area contributed by atoms with Crippen molar-refractivity contribution in [2.24, 2.45) is 0 Å². The molecule has 0 bridgehead atoms. The van der Waals surface area contributed by atoms with Crippen molar-refractivity contribution in [3.63, 3.8) is 0 Å². The summed E-state index contributed by atoms with van der Waals surface area (Å²) >= 11 is 0. The lowest BCUT2D eigenvalue weighted by Crippen LogP contribution is -2.43. The Labute approximate surface area is 184 Å². The Morgan fingerprint density at radius 3 is 1.77 bits per heavy atom. The molecule has 0 rings (SSSR count). The van der Waals surface area contributed by atoms with E-state index in [2.05, 4.69) is 36.5 Å². The van der Waals surface area contributed by atoms with Crippen molar-refractivity contribution in [3.8, 4) is 0 Å². The van der Waals surface area contributed by atoms with Crippen LogP contribution in [0, 0.1) is 0 Å². The number of carbonyl (C=O) groups excluding carboxylic acids is 1. The highest BCUT2D eigenvalue weighted by atomic mass is 16.4. The predicted molar refractivity (Wildman–Crippen MR) is 124 cm³/mol. The maximum atomic E-state index is 11.6. The maximum Gasteiger partial charge on any atom is 0.328 e. The van der Waals surface area contributed by atoms with Gasteiger partial charge in [-0.15, -0.1) is 0 Å². The molecule has 5 nitrogen and oxygen atoms in total. The Kier molecular flexibility index (Phi) is 20.9. The first kappa shape index (κ1) is 28.4. The molecule has 0 radical (unpaired) electrons. The van der Waals surface area contributed by atoms with Gasteiger partial charge < -0.3 is 15.5 Å². The second-order valence-electron chi connectivity index (χ2n) is 8.04. The highest BCUT2D eigenvalue weighted by molar-refractivity contribution is 5.83. The fourth-order valence-electron chi connectivity index (χ4n) is 3.26. The van der Waals surface area contributed by atoms with E-state index in [1.165, 1.54) is 70.6 Å². The van der Waals surface area contributed by atoms with Crippen LogP contribution in [0.3, 0.4) is 0 Å². The molecule has 0 unspecified atom stereocenters. The Hall–Kier alpha value is -1.62. The number of nitrogens with one attached hydrogen (secondary N) is 1. The number of rotatable bonds is 21. The first-order valence-electron chi connectivity index (χ1n) is 12.0. The third-order valence-electron chi connectivity index (χ3n) is 5.17. The van der Waals surface area contributed by atoms with Crippen LogP contribution in [-0.2, 0) is 9.59 Å². The average Bonchev–Trinajstić information content (AvgIpc) is 2.73.